The fraction of sp³-hybridized carbons (Fsp3) is 0.500. The summed E-state index contributed by atoms with van der Waals surface area (Å²) in [4.78, 5) is 5.12. The molecule has 0 aliphatic rings. The van der Waals surface area contributed by atoms with Crippen molar-refractivity contribution < 1.29 is 9.57 Å². The van der Waals surface area contributed by atoms with E-state index in [4.69, 9.17) is 9.57 Å². The lowest BCUT2D eigenvalue weighted by Crippen LogP contribution is -1.90. The molecule has 0 atom stereocenters. The minimum absolute atomic E-state index is 0.670. The second-order valence-corrected chi connectivity index (χ2v) is 3.83. The lowest BCUT2D eigenvalue weighted by molar-refractivity contribution is 0.141. The van der Waals surface area contributed by atoms with E-state index in [-0.39, 0.29) is 0 Å². The molecule has 93 valence electrons. The molecule has 0 bridgehead atoms. The Morgan fingerprint density at radius 3 is 2.53 bits per heavy atom. The second-order valence-electron chi connectivity index (χ2n) is 3.83. The molecule has 0 N–H and O–H groups in total. The summed E-state index contributed by atoms with van der Waals surface area (Å²) in [5, 5.41) is 3.80. The maximum Gasteiger partial charge on any atom is 0.139 e. The van der Waals surface area contributed by atoms with Gasteiger partial charge in [-0.25, -0.2) is 0 Å². The van der Waals surface area contributed by atoms with Gasteiger partial charge in [-0.1, -0.05) is 24.9 Å². The van der Waals surface area contributed by atoms with Crippen LogP contribution >= 0.6 is 0 Å². The normalized spacial score (nSPS) is 10.7. The summed E-state index contributed by atoms with van der Waals surface area (Å²) in [7, 11) is 1.65. The van der Waals surface area contributed by atoms with E-state index >= 15 is 0 Å². The first-order valence-electron chi connectivity index (χ1n) is 6.09. The van der Waals surface area contributed by atoms with E-state index in [1.165, 1.54) is 19.3 Å². The predicted molar refractivity (Wildman–Crippen MR) is 69.6 cm³/mol. The summed E-state index contributed by atoms with van der Waals surface area (Å²) < 4.78 is 5.06. The van der Waals surface area contributed by atoms with Crippen molar-refractivity contribution in [2.24, 2.45) is 5.16 Å². The molecule has 0 aliphatic heterocycles. The highest BCUT2D eigenvalue weighted by atomic mass is 16.6. The van der Waals surface area contributed by atoms with E-state index in [1.54, 1.807) is 7.11 Å². The van der Waals surface area contributed by atoms with E-state index in [1.807, 2.05) is 24.3 Å². The molecule has 3 nitrogen and oxygen atoms in total. The van der Waals surface area contributed by atoms with Gasteiger partial charge in [-0.05, 0) is 37.1 Å². The Morgan fingerprint density at radius 1 is 1.12 bits per heavy atom. The molecule has 0 unspecified atom stereocenters. The third kappa shape index (κ3) is 5.95. The van der Waals surface area contributed by atoms with Crippen molar-refractivity contribution in [3.05, 3.63) is 29.8 Å². The molecule has 0 spiro atoms. The molecule has 0 amide bonds. The monoisotopic (exact) mass is 234 g/mol. The van der Waals surface area contributed by atoms with Gasteiger partial charge in [0.15, 0.2) is 0 Å². The van der Waals surface area contributed by atoms with Crippen molar-refractivity contribution in [3.63, 3.8) is 0 Å². The molecule has 0 aromatic heterocycles. The molecule has 1 rings (SSSR count). The van der Waals surface area contributed by atoms with Crippen LogP contribution in [0.25, 0.3) is 0 Å². The van der Waals surface area contributed by atoms with Crippen LogP contribution in [0.2, 0.25) is 0 Å². The number of ether oxygens (including phenoxy) is 1. The van der Waals surface area contributed by atoms with Gasteiger partial charge < -0.3 is 9.57 Å². The first kappa shape index (κ1) is 13.6. The Bertz CT molecular complexity index is 319. The van der Waals surface area contributed by atoms with Crippen LogP contribution in [0.5, 0.6) is 5.75 Å². The van der Waals surface area contributed by atoms with Gasteiger partial charge >= 0.3 is 0 Å². The summed E-state index contributed by atoms with van der Waals surface area (Å²) in [6, 6.07) is 7.53. The summed E-state index contributed by atoms with van der Waals surface area (Å²) in [5.74, 6) is 0.830. The summed E-state index contributed by atoms with van der Waals surface area (Å²) in [6.07, 6.45) is 7.59. The van der Waals surface area contributed by atoms with Crippen molar-refractivity contribution in [1.82, 2.24) is 0 Å². The topological polar surface area (TPSA) is 30.8 Å². The van der Waals surface area contributed by atoms with Gasteiger partial charge in [-0.2, -0.15) is 0 Å². The molecule has 3 heteroatoms. The highest BCUT2D eigenvalue weighted by Gasteiger charge is 1.92. The van der Waals surface area contributed by atoms with E-state index in [0.717, 1.165) is 17.7 Å². The van der Waals surface area contributed by atoms with E-state index < -0.39 is 0 Å². The van der Waals surface area contributed by atoms with Gasteiger partial charge in [0, 0.05) is 5.56 Å². The SMILES string of the molecule is CCCCCCO/N=[C]/c1ccc(OC)cc1. The van der Waals surface area contributed by atoms with Crippen molar-refractivity contribution in [2.45, 2.75) is 32.6 Å². The van der Waals surface area contributed by atoms with Crippen LogP contribution in [0.4, 0.5) is 0 Å². The average Bonchev–Trinajstić information content (AvgIpc) is 2.38. The first-order chi connectivity index (χ1) is 8.36. The van der Waals surface area contributed by atoms with Gasteiger partial charge in [-0.15, -0.1) is 0 Å². The molecule has 0 aliphatic carbocycles. The maximum absolute atomic E-state index is 5.12. The number of unbranched alkanes of at least 4 members (excludes halogenated alkanes) is 3. The summed E-state index contributed by atoms with van der Waals surface area (Å²) in [6.45, 7) is 2.86. The van der Waals surface area contributed by atoms with Crippen LogP contribution in [0.1, 0.15) is 38.2 Å². The van der Waals surface area contributed by atoms with Gasteiger partial charge in [-0.3, -0.25) is 0 Å². The standard InChI is InChI=1S/C14H20NO2/c1-3-4-5-6-11-17-15-12-13-7-9-14(16-2)10-8-13/h7-10H,3-6,11H2,1-2H3. The molecule has 1 aromatic rings. The zero-order chi connectivity index (χ0) is 12.3. The molecule has 0 fully saturated rings. The quantitative estimate of drug-likeness (QED) is 0.391. The minimum atomic E-state index is 0.670. The lowest BCUT2D eigenvalue weighted by atomic mass is 10.2. The molecule has 0 saturated carbocycles. The minimum Gasteiger partial charge on any atom is -0.497 e. The Hall–Kier alpha value is -1.51. The van der Waals surface area contributed by atoms with Crippen LogP contribution < -0.4 is 4.74 Å². The fourth-order valence-electron chi connectivity index (χ4n) is 1.39. The molecule has 0 saturated heterocycles. The largest absolute Gasteiger partial charge is 0.497 e. The van der Waals surface area contributed by atoms with Crippen LogP contribution in [-0.2, 0) is 4.84 Å². The number of hydrogen-bond donors (Lipinski definition) is 0. The number of benzene rings is 1. The summed E-state index contributed by atoms with van der Waals surface area (Å²) in [5.41, 5.74) is 0.888. The summed E-state index contributed by atoms with van der Waals surface area (Å²) >= 11 is 0. The number of hydrogen-bond acceptors (Lipinski definition) is 3. The van der Waals surface area contributed by atoms with Crippen LogP contribution in [0.3, 0.4) is 0 Å². The molecule has 17 heavy (non-hydrogen) atoms. The number of rotatable bonds is 8. The Balaban J connectivity index is 2.19. The smallest absolute Gasteiger partial charge is 0.139 e. The highest BCUT2D eigenvalue weighted by Crippen LogP contribution is 2.09. The van der Waals surface area contributed by atoms with Crippen LogP contribution in [-0.4, -0.2) is 19.9 Å². The molecule has 1 aromatic carbocycles. The third-order valence-corrected chi connectivity index (χ3v) is 2.42. The number of nitrogens with zero attached hydrogens (tertiary/aromatic N) is 1. The maximum atomic E-state index is 5.12. The van der Waals surface area contributed by atoms with Crippen LogP contribution in [0, 0.1) is 0 Å². The first-order valence-corrected chi connectivity index (χ1v) is 6.09. The van der Waals surface area contributed by atoms with Gasteiger partial charge in [0.05, 0.1) is 7.11 Å². The molecule has 1 radical (unpaired) electrons. The zero-order valence-corrected chi connectivity index (χ0v) is 10.6. The molecular weight excluding hydrogens is 214 g/mol. The van der Waals surface area contributed by atoms with E-state index in [0.29, 0.717) is 6.61 Å². The Kier molecular flexibility index (Phi) is 6.87. The van der Waals surface area contributed by atoms with Gasteiger partial charge in [0.1, 0.15) is 18.6 Å². The fourth-order valence-corrected chi connectivity index (χ4v) is 1.39. The highest BCUT2D eigenvalue weighted by molar-refractivity contribution is 5.79. The van der Waals surface area contributed by atoms with E-state index in [2.05, 4.69) is 18.3 Å². The zero-order valence-electron chi connectivity index (χ0n) is 10.6. The van der Waals surface area contributed by atoms with Crippen molar-refractivity contribution in [1.29, 1.82) is 0 Å². The average molecular weight is 234 g/mol. The Labute approximate surface area is 103 Å². The molecular formula is C14H20NO2. The lowest BCUT2D eigenvalue weighted by Gasteiger charge is -1.99. The third-order valence-electron chi connectivity index (χ3n) is 2.42. The van der Waals surface area contributed by atoms with E-state index in [9.17, 15) is 0 Å². The van der Waals surface area contributed by atoms with Crippen molar-refractivity contribution in [2.75, 3.05) is 13.7 Å². The second kappa shape index (κ2) is 8.62. The van der Waals surface area contributed by atoms with Crippen LogP contribution in [0.15, 0.2) is 29.4 Å². The molecule has 0 heterocycles. The Morgan fingerprint density at radius 2 is 1.88 bits per heavy atom. The number of methoxy groups -OCH3 is 1. The van der Waals surface area contributed by atoms with Gasteiger partial charge in [0.25, 0.3) is 0 Å². The van der Waals surface area contributed by atoms with Gasteiger partial charge in [0.2, 0.25) is 0 Å². The predicted octanol–water partition coefficient (Wildman–Crippen LogP) is 3.50. The van der Waals surface area contributed by atoms with Crippen molar-refractivity contribution >= 4 is 6.21 Å². The van der Waals surface area contributed by atoms with Crippen molar-refractivity contribution in [3.8, 4) is 5.75 Å².